The Morgan fingerprint density at radius 2 is 1.87 bits per heavy atom. The summed E-state index contributed by atoms with van der Waals surface area (Å²) in [6, 6.07) is 6.44. The molecule has 7 heteroatoms. The van der Waals surface area contributed by atoms with Gasteiger partial charge in [-0.15, -0.1) is 0 Å². The van der Waals surface area contributed by atoms with Gasteiger partial charge in [-0.1, -0.05) is 18.2 Å². The Morgan fingerprint density at radius 1 is 1.17 bits per heavy atom. The molecule has 1 N–H and O–H groups in total. The number of carbonyl (C=O) groups is 3. The second-order valence-electron chi connectivity index (χ2n) is 9.34. The molecule has 1 aromatic rings. The number of piperidine rings is 1. The number of nitrogens with zero attached hydrogens (tertiary/aromatic N) is 2. The number of rotatable bonds is 6. The summed E-state index contributed by atoms with van der Waals surface area (Å²) < 4.78 is 6.20. The smallest absolute Gasteiger partial charge is 0.240 e. The normalized spacial score (nSPS) is 21.6. The van der Waals surface area contributed by atoms with E-state index in [1.54, 1.807) is 0 Å². The van der Waals surface area contributed by atoms with E-state index < -0.39 is 0 Å². The van der Waals surface area contributed by atoms with E-state index in [1.165, 1.54) is 11.1 Å². The molecule has 3 aliphatic heterocycles. The molecular formula is C23H31N3O4. The highest BCUT2D eigenvalue weighted by Gasteiger charge is 2.33. The highest BCUT2D eigenvalue weighted by molar-refractivity contribution is 6.04. The Kier molecular flexibility index (Phi) is 5.82. The highest BCUT2D eigenvalue weighted by Crippen LogP contribution is 2.38. The molecule has 0 spiro atoms. The number of para-hydroxylation sites is 1. The lowest BCUT2D eigenvalue weighted by molar-refractivity contribution is -0.142. The fourth-order valence-electron chi connectivity index (χ4n) is 4.65. The van der Waals surface area contributed by atoms with Crippen LogP contribution in [0.3, 0.4) is 0 Å². The first-order valence-electron chi connectivity index (χ1n) is 10.9. The van der Waals surface area contributed by atoms with Crippen molar-refractivity contribution in [2.24, 2.45) is 5.92 Å². The van der Waals surface area contributed by atoms with Crippen molar-refractivity contribution in [3.05, 3.63) is 29.3 Å². The molecule has 2 saturated heterocycles. The van der Waals surface area contributed by atoms with Crippen LogP contribution in [0.5, 0.6) is 5.75 Å². The van der Waals surface area contributed by atoms with Crippen LogP contribution in [0.25, 0.3) is 0 Å². The highest BCUT2D eigenvalue weighted by atomic mass is 16.5. The summed E-state index contributed by atoms with van der Waals surface area (Å²) in [4.78, 5) is 38.9. The van der Waals surface area contributed by atoms with Gasteiger partial charge in [0.15, 0.2) is 0 Å². The molecule has 0 saturated carbocycles. The second kappa shape index (κ2) is 8.38. The number of benzene rings is 1. The van der Waals surface area contributed by atoms with E-state index >= 15 is 0 Å². The van der Waals surface area contributed by atoms with Gasteiger partial charge in [0.2, 0.25) is 17.7 Å². The average Bonchev–Trinajstić information content (AvgIpc) is 3.20. The fraction of sp³-hybridized carbons (Fsp3) is 0.609. The summed E-state index contributed by atoms with van der Waals surface area (Å²) in [6.45, 7) is 7.57. The van der Waals surface area contributed by atoms with Gasteiger partial charge < -0.3 is 10.1 Å². The molecule has 0 atom stereocenters. The Labute approximate surface area is 177 Å². The Bertz CT molecular complexity index is 827. The van der Waals surface area contributed by atoms with E-state index in [0.29, 0.717) is 12.5 Å². The number of fused-ring (bicyclic) bond motifs is 1. The van der Waals surface area contributed by atoms with Gasteiger partial charge in [-0.25, -0.2) is 0 Å². The summed E-state index contributed by atoms with van der Waals surface area (Å²) in [6.07, 6.45) is 3.43. The number of hydrogen-bond acceptors (Lipinski definition) is 5. The maximum Gasteiger partial charge on any atom is 0.240 e. The van der Waals surface area contributed by atoms with Gasteiger partial charge in [0, 0.05) is 37.9 Å². The maximum absolute atomic E-state index is 12.1. The first kappa shape index (κ1) is 20.8. The molecule has 3 aliphatic rings. The zero-order valence-electron chi connectivity index (χ0n) is 17.9. The van der Waals surface area contributed by atoms with Crippen molar-refractivity contribution in [1.29, 1.82) is 0 Å². The Balaban J connectivity index is 1.22. The van der Waals surface area contributed by atoms with Gasteiger partial charge in [-0.05, 0) is 51.3 Å². The van der Waals surface area contributed by atoms with E-state index in [-0.39, 0.29) is 42.7 Å². The van der Waals surface area contributed by atoms with Crippen molar-refractivity contribution in [2.45, 2.75) is 58.1 Å². The molecule has 2 fully saturated rings. The average molecular weight is 414 g/mol. The fourth-order valence-corrected chi connectivity index (χ4v) is 4.65. The van der Waals surface area contributed by atoms with Crippen molar-refractivity contribution >= 4 is 17.7 Å². The molecule has 162 valence electrons. The molecule has 0 aromatic heterocycles. The van der Waals surface area contributed by atoms with Crippen LogP contribution in [0.2, 0.25) is 0 Å². The molecule has 3 heterocycles. The van der Waals surface area contributed by atoms with E-state index in [9.17, 15) is 14.4 Å². The minimum atomic E-state index is -0.249. The van der Waals surface area contributed by atoms with Crippen molar-refractivity contribution in [2.75, 3.05) is 26.2 Å². The second-order valence-corrected chi connectivity index (χ2v) is 9.34. The lowest BCUT2D eigenvalue weighted by Gasteiger charge is -2.32. The summed E-state index contributed by atoms with van der Waals surface area (Å²) in [5, 5.41) is 2.90. The summed E-state index contributed by atoms with van der Waals surface area (Å²) in [5.74, 6) is 0.738. The Hall–Kier alpha value is -2.41. The van der Waals surface area contributed by atoms with Gasteiger partial charge in [-0.3, -0.25) is 24.2 Å². The molecule has 7 nitrogen and oxygen atoms in total. The molecule has 30 heavy (non-hydrogen) atoms. The van der Waals surface area contributed by atoms with Crippen LogP contribution in [-0.4, -0.2) is 59.3 Å². The summed E-state index contributed by atoms with van der Waals surface area (Å²) in [5.41, 5.74) is 2.42. The van der Waals surface area contributed by atoms with Crippen LogP contribution in [0.4, 0.5) is 0 Å². The third kappa shape index (κ3) is 4.67. The van der Waals surface area contributed by atoms with Crippen molar-refractivity contribution in [3.8, 4) is 5.75 Å². The largest absolute Gasteiger partial charge is 0.487 e. The van der Waals surface area contributed by atoms with E-state index in [2.05, 4.69) is 42.3 Å². The van der Waals surface area contributed by atoms with Gasteiger partial charge in [0.05, 0.1) is 0 Å². The third-order valence-electron chi connectivity index (χ3n) is 6.32. The molecule has 3 amide bonds. The Morgan fingerprint density at radius 3 is 2.57 bits per heavy atom. The zero-order chi connectivity index (χ0) is 21.3. The molecule has 0 aliphatic carbocycles. The SMILES string of the molecule is CC1(C)Cc2cccc(CN3CCC(CNC(=O)CN4C(=O)CCC4=O)CC3)c2O1. The topological polar surface area (TPSA) is 79.0 Å². The predicted molar refractivity (Wildman–Crippen MR) is 112 cm³/mol. The van der Waals surface area contributed by atoms with Crippen molar-refractivity contribution < 1.29 is 19.1 Å². The van der Waals surface area contributed by atoms with Crippen LogP contribution in [-0.2, 0) is 27.3 Å². The van der Waals surface area contributed by atoms with Gasteiger partial charge in [0.1, 0.15) is 17.9 Å². The quantitative estimate of drug-likeness (QED) is 0.721. The molecular weight excluding hydrogens is 382 g/mol. The zero-order valence-corrected chi connectivity index (χ0v) is 17.9. The molecule has 1 aromatic carbocycles. The number of carbonyl (C=O) groups excluding carboxylic acids is 3. The van der Waals surface area contributed by atoms with E-state index in [4.69, 9.17) is 4.74 Å². The molecule has 0 unspecified atom stereocenters. The van der Waals surface area contributed by atoms with E-state index in [1.807, 2.05) is 0 Å². The molecule has 4 rings (SSSR count). The number of nitrogens with one attached hydrogen (secondary N) is 1. The van der Waals surface area contributed by atoms with Crippen molar-refractivity contribution in [3.63, 3.8) is 0 Å². The monoisotopic (exact) mass is 413 g/mol. The maximum atomic E-state index is 12.1. The first-order valence-corrected chi connectivity index (χ1v) is 10.9. The van der Waals surface area contributed by atoms with Crippen LogP contribution >= 0.6 is 0 Å². The number of likely N-dealkylation sites (tertiary alicyclic amines) is 2. The van der Waals surface area contributed by atoms with Crippen LogP contribution < -0.4 is 10.1 Å². The predicted octanol–water partition coefficient (Wildman–Crippen LogP) is 1.88. The minimum Gasteiger partial charge on any atom is -0.487 e. The van der Waals surface area contributed by atoms with Gasteiger partial charge in [-0.2, -0.15) is 0 Å². The van der Waals surface area contributed by atoms with Crippen molar-refractivity contribution in [1.82, 2.24) is 15.1 Å². The number of ether oxygens (including phenoxy) is 1. The van der Waals surface area contributed by atoms with Crippen LogP contribution in [0, 0.1) is 5.92 Å². The van der Waals surface area contributed by atoms with Gasteiger partial charge >= 0.3 is 0 Å². The van der Waals surface area contributed by atoms with E-state index in [0.717, 1.165) is 49.5 Å². The van der Waals surface area contributed by atoms with Gasteiger partial charge in [0.25, 0.3) is 0 Å². The minimum absolute atomic E-state index is 0.131. The number of hydrogen-bond donors (Lipinski definition) is 1. The molecule has 0 bridgehead atoms. The number of imide groups is 1. The lowest BCUT2D eigenvalue weighted by atomic mass is 9.96. The first-order chi connectivity index (χ1) is 14.3. The third-order valence-corrected chi connectivity index (χ3v) is 6.32. The lowest BCUT2D eigenvalue weighted by Crippen LogP contribution is -2.43. The summed E-state index contributed by atoms with van der Waals surface area (Å²) >= 11 is 0. The van der Waals surface area contributed by atoms with Crippen LogP contribution in [0.1, 0.15) is 50.7 Å². The standard InChI is InChI=1S/C23H31N3O4/c1-23(2)12-17-4-3-5-18(22(17)30-23)14-25-10-8-16(9-11-25)13-24-19(27)15-26-20(28)6-7-21(26)29/h3-5,16H,6-15H2,1-2H3,(H,24,27). The van der Waals surface area contributed by atoms with Crippen LogP contribution in [0.15, 0.2) is 18.2 Å². The number of amides is 3. The molecule has 0 radical (unpaired) electrons. The summed E-state index contributed by atoms with van der Waals surface area (Å²) in [7, 11) is 0.